The van der Waals surface area contributed by atoms with Crippen molar-refractivity contribution >= 4 is 17.4 Å². The van der Waals surface area contributed by atoms with Gasteiger partial charge in [-0.25, -0.2) is 0 Å². The predicted octanol–water partition coefficient (Wildman–Crippen LogP) is 1.62. The zero-order valence-electron chi connectivity index (χ0n) is 10.1. The van der Waals surface area contributed by atoms with Crippen LogP contribution in [0.4, 0.5) is 5.69 Å². The molecule has 0 spiro atoms. The number of amides is 1. The average molecular weight is 253 g/mol. The second-order valence-corrected chi connectivity index (χ2v) is 4.42. The number of carbonyl (C=O) groups excluding carboxylic acids is 2. The molecular weight excluding hydrogens is 242 g/mol. The van der Waals surface area contributed by atoms with E-state index >= 15 is 0 Å². The molecule has 1 N–H and O–H groups in total. The Balaban J connectivity index is 2.04. The van der Waals surface area contributed by atoms with Crippen molar-refractivity contribution in [2.75, 3.05) is 5.32 Å². The van der Waals surface area contributed by atoms with E-state index in [1.54, 1.807) is 30.3 Å². The van der Waals surface area contributed by atoms with Gasteiger partial charge in [-0.2, -0.15) is 10.5 Å². The Morgan fingerprint density at radius 2 is 1.84 bits per heavy atom. The van der Waals surface area contributed by atoms with Gasteiger partial charge in [0.05, 0.1) is 17.7 Å². The van der Waals surface area contributed by atoms with Gasteiger partial charge in [0, 0.05) is 11.6 Å². The molecule has 5 nitrogen and oxygen atoms in total. The Labute approximate surface area is 110 Å². The number of hydrogen-bond acceptors (Lipinski definition) is 4. The summed E-state index contributed by atoms with van der Waals surface area (Å²) in [6.07, 6.45) is 1.53. The van der Waals surface area contributed by atoms with Crippen LogP contribution >= 0.6 is 0 Å². The number of hydrogen-bond donors (Lipinski definition) is 1. The molecule has 0 radical (unpaired) electrons. The van der Waals surface area contributed by atoms with E-state index in [1.807, 2.05) is 6.07 Å². The largest absolute Gasteiger partial charge is 0.325 e. The molecule has 1 aliphatic rings. The molecule has 0 saturated heterocycles. The molecule has 2 rings (SSSR count). The highest BCUT2D eigenvalue weighted by atomic mass is 16.2. The van der Waals surface area contributed by atoms with Gasteiger partial charge in [0.25, 0.3) is 0 Å². The zero-order chi connectivity index (χ0) is 13.8. The molecule has 0 bridgehead atoms. The number of carbonyl (C=O) groups is 2. The molecule has 19 heavy (non-hydrogen) atoms. The lowest BCUT2D eigenvalue weighted by Gasteiger charge is -2.08. The van der Waals surface area contributed by atoms with Gasteiger partial charge in [0.1, 0.15) is 0 Å². The molecule has 0 aliphatic heterocycles. The van der Waals surface area contributed by atoms with E-state index in [0.29, 0.717) is 11.3 Å². The highest BCUT2D eigenvalue weighted by Crippen LogP contribution is 2.32. The number of anilines is 1. The molecule has 1 fully saturated rings. The Bertz CT molecular complexity index is 589. The van der Waals surface area contributed by atoms with Crippen LogP contribution in [0.2, 0.25) is 0 Å². The molecule has 94 valence electrons. The van der Waals surface area contributed by atoms with Crippen molar-refractivity contribution in [1.82, 2.24) is 0 Å². The predicted molar refractivity (Wildman–Crippen MR) is 66.6 cm³/mol. The van der Waals surface area contributed by atoms with Gasteiger partial charge in [0.15, 0.2) is 11.7 Å². The highest BCUT2D eigenvalue weighted by Gasteiger charge is 2.38. The quantitative estimate of drug-likeness (QED) is 0.825. The van der Waals surface area contributed by atoms with E-state index in [1.165, 1.54) is 0 Å². The van der Waals surface area contributed by atoms with Crippen molar-refractivity contribution in [3.8, 4) is 12.1 Å². The van der Waals surface area contributed by atoms with Crippen LogP contribution in [0, 0.1) is 34.5 Å². The second-order valence-electron chi connectivity index (χ2n) is 4.42. The third-order valence-electron chi connectivity index (χ3n) is 2.94. The zero-order valence-corrected chi connectivity index (χ0v) is 10.1. The molecule has 1 atom stereocenters. The van der Waals surface area contributed by atoms with Gasteiger partial charge < -0.3 is 5.32 Å². The second kappa shape index (κ2) is 5.32. The Morgan fingerprint density at radius 3 is 2.32 bits per heavy atom. The van der Waals surface area contributed by atoms with Crippen molar-refractivity contribution in [1.29, 1.82) is 10.5 Å². The van der Waals surface area contributed by atoms with Gasteiger partial charge in [-0.1, -0.05) is 0 Å². The van der Waals surface area contributed by atoms with Gasteiger partial charge in [-0.05, 0) is 37.1 Å². The van der Waals surface area contributed by atoms with E-state index in [4.69, 9.17) is 10.5 Å². The topological polar surface area (TPSA) is 93.8 Å². The molecular formula is C14H11N3O2. The maximum absolute atomic E-state index is 11.9. The fraction of sp³-hybridized carbons (Fsp3) is 0.286. The lowest BCUT2D eigenvalue weighted by Crippen LogP contribution is -2.29. The number of nitrogens with zero attached hydrogens (tertiary/aromatic N) is 2. The van der Waals surface area contributed by atoms with E-state index < -0.39 is 11.8 Å². The monoisotopic (exact) mass is 253 g/mol. The molecule has 1 aliphatic carbocycles. The van der Waals surface area contributed by atoms with E-state index in [2.05, 4.69) is 5.32 Å². The molecule has 0 heterocycles. The van der Waals surface area contributed by atoms with Crippen molar-refractivity contribution in [3.63, 3.8) is 0 Å². The van der Waals surface area contributed by atoms with Crippen LogP contribution in [0.1, 0.15) is 18.4 Å². The lowest BCUT2D eigenvalue weighted by molar-refractivity contribution is -0.129. The summed E-state index contributed by atoms with van der Waals surface area (Å²) in [4.78, 5) is 23.6. The first-order valence-corrected chi connectivity index (χ1v) is 5.90. The minimum Gasteiger partial charge on any atom is -0.325 e. The van der Waals surface area contributed by atoms with Crippen LogP contribution < -0.4 is 5.32 Å². The number of rotatable bonds is 4. The van der Waals surface area contributed by atoms with Crippen LogP contribution in [-0.2, 0) is 9.59 Å². The summed E-state index contributed by atoms with van der Waals surface area (Å²) < 4.78 is 0. The van der Waals surface area contributed by atoms with Gasteiger partial charge in [-0.3, -0.25) is 9.59 Å². The molecule has 1 aromatic carbocycles. The van der Waals surface area contributed by atoms with E-state index in [9.17, 15) is 9.59 Å². The maximum atomic E-state index is 11.9. The minimum absolute atomic E-state index is 0.128. The van der Waals surface area contributed by atoms with Crippen molar-refractivity contribution in [2.45, 2.75) is 12.8 Å². The summed E-state index contributed by atoms with van der Waals surface area (Å²) in [5.74, 6) is -2.28. The third-order valence-corrected chi connectivity index (χ3v) is 2.94. The van der Waals surface area contributed by atoms with Crippen molar-refractivity contribution < 1.29 is 9.59 Å². The van der Waals surface area contributed by atoms with Crippen LogP contribution in [0.15, 0.2) is 24.3 Å². The summed E-state index contributed by atoms with van der Waals surface area (Å²) in [6.45, 7) is 0. The summed E-state index contributed by atoms with van der Waals surface area (Å²) in [5.41, 5.74) is 0.941. The smallest absolute Gasteiger partial charge is 0.249 e. The Hall–Kier alpha value is -2.66. The minimum atomic E-state index is -1.25. The number of nitrogens with one attached hydrogen (secondary N) is 1. The summed E-state index contributed by atoms with van der Waals surface area (Å²) in [6, 6.07) is 9.95. The highest BCUT2D eigenvalue weighted by molar-refractivity contribution is 6.10. The molecule has 1 aromatic rings. The van der Waals surface area contributed by atoms with Crippen LogP contribution in [-0.4, -0.2) is 11.7 Å². The summed E-state index contributed by atoms with van der Waals surface area (Å²) in [5, 5.41) is 20.1. The Kier molecular flexibility index (Phi) is 3.58. The Morgan fingerprint density at radius 1 is 1.21 bits per heavy atom. The number of benzene rings is 1. The molecule has 0 aromatic heterocycles. The van der Waals surface area contributed by atoms with Gasteiger partial charge >= 0.3 is 0 Å². The SMILES string of the molecule is N#Cc1ccc(NC(=O)C(C#N)C(=O)C2CC2)cc1. The van der Waals surface area contributed by atoms with Crippen LogP contribution in [0.25, 0.3) is 0 Å². The van der Waals surface area contributed by atoms with Crippen LogP contribution in [0.5, 0.6) is 0 Å². The van der Waals surface area contributed by atoms with Crippen molar-refractivity contribution in [2.24, 2.45) is 11.8 Å². The molecule has 5 heteroatoms. The third kappa shape index (κ3) is 2.97. The van der Waals surface area contributed by atoms with Crippen molar-refractivity contribution in [3.05, 3.63) is 29.8 Å². The van der Waals surface area contributed by atoms with Gasteiger partial charge in [0.2, 0.25) is 5.91 Å². The molecule has 1 amide bonds. The lowest BCUT2D eigenvalue weighted by atomic mass is 10.0. The average Bonchev–Trinajstić information content (AvgIpc) is 3.24. The first-order chi connectivity index (χ1) is 9.15. The van der Waals surface area contributed by atoms with E-state index in [0.717, 1.165) is 12.8 Å². The number of nitriles is 2. The number of Topliss-reactive ketones (excluding diaryl/α,β-unsaturated/α-hetero) is 1. The standard InChI is InChI=1S/C14H11N3O2/c15-7-9-1-5-11(6-2-9)17-14(19)12(8-16)13(18)10-3-4-10/h1-2,5-6,10,12H,3-4H2,(H,17,19). The summed E-state index contributed by atoms with van der Waals surface area (Å²) in [7, 11) is 0. The first-order valence-electron chi connectivity index (χ1n) is 5.90. The van der Waals surface area contributed by atoms with Gasteiger partial charge in [-0.15, -0.1) is 0 Å². The molecule has 1 unspecified atom stereocenters. The first kappa shape index (κ1) is 12.8. The number of ketones is 1. The maximum Gasteiger partial charge on any atom is 0.249 e. The fourth-order valence-corrected chi connectivity index (χ4v) is 1.70. The van der Waals surface area contributed by atoms with Crippen LogP contribution in [0.3, 0.4) is 0 Å². The van der Waals surface area contributed by atoms with E-state index in [-0.39, 0.29) is 11.7 Å². The molecule has 1 saturated carbocycles. The summed E-state index contributed by atoms with van der Waals surface area (Å²) >= 11 is 0. The fourth-order valence-electron chi connectivity index (χ4n) is 1.70. The normalized spacial score (nSPS) is 14.8.